The fourth-order valence-electron chi connectivity index (χ4n) is 2.43. The average molecular weight is 264 g/mol. The number of ketones is 1. The third-order valence-electron chi connectivity index (χ3n) is 3.44. The molecule has 0 aliphatic rings. The minimum absolute atomic E-state index is 0.241. The maximum atomic E-state index is 12.2. The Morgan fingerprint density at radius 1 is 1.00 bits per heavy atom. The van der Waals surface area contributed by atoms with Crippen LogP contribution in [0.2, 0.25) is 0 Å². The standard InChI is InChI=1S/C19H20O/c1-2-9-18(17-12-7-4-8-13-17)15-19(20)14-16-10-5-3-6-11-16/h2-8,10-13,18H,1,9,14-15H2/t18-/m0/s1. The van der Waals surface area contributed by atoms with Crippen LogP contribution in [-0.2, 0) is 11.2 Å². The van der Waals surface area contributed by atoms with Gasteiger partial charge < -0.3 is 0 Å². The molecule has 0 aliphatic carbocycles. The van der Waals surface area contributed by atoms with Crippen molar-refractivity contribution in [3.8, 4) is 0 Å². The van der Waals surface area contributed by atoms with Crippen LogP contribution in [0.4, 0.5) is 0 Å². The van der Waals surface area contributed by atoms with Crippen LogP contribution in [0, 0.1) is 0 Å². The second-order valence-electron chi connectivity index (χ2n) is 5.04. The van der Waals surface area contributed by atoms with Crippen molar-refractivity contribution in [2.45, 2.75) is 25.2 Å². The summed E-state index contributed by atoms with van der Waals surface area (Å²) in [5.41, 5.74) is 2.30. The molecule has 0 unspecified atom stereocenters. The number of hydrogen-bond donors (Lipinski definition) is 0. The molecule has 0 amide bonds. The van der Waals surface area contributed by atoms with Gasteiger partial charge in [0.15, 0.2) is 0 Å². The molecule has 0 fully saturated rings. The number of allylic oxidation sites excluding steroid dienone is 1. The molecule has 102 valence electrons. The molecule has 2 aromatic rings. The largest absolute Gasteiger partial charge is 0.299 e. The molecule has 0 spiro atoms. The molecule has 0 bridgehead atoms. The second-order valence-corrected chi connectivity index (χ2v) is 5.04. The highest BCUT2D eigenvalue weighted by atomic mass is 16.1. The van der Waals surface area contributed by atoms with Gasteiger partial charge in [-0.1, -0.05) is 66.7 Å². The summed E-state index contributed by atoms with van der Waals surface area (Å²) >= 11 is 0. The normalized spacial score (nSPS) is 11.8. The summed E-state index contributed by atoms with van der Waals surface area (Å²) in [5, 5.41) is 0. The van der Waals surface area contributed by atoms with E-state index in [2.05, 4.69) is 18.7 Å². The van der Waals surface area contributed by atoms with Crippen molar-refractivity contribution in [3.63, 3.8) is 0 Å². The van der Waals surface area contributed by atoms with Gasteiger partial charge in [0.2, 0.25) is 0 Å². The van der Waals surface area contributed by atoms with E-state index in [1.54, 1.807) is 0 Å². The third-order valence-corrected chi connectivity index (χ3v) is 3.44. The molecule has 0 N–H and O–H groups in total. The van der Waals surface area contributed by atoms with Crippen LogP contribution in [0.1, 0.15) is 29.9 Å². The quantitative estimate of drug-likeness (QED) is 0.671. The van der Waals surface area contributed by atoms with Gasteiger partial charge in [0, 0.05) is 12.8 Å². The van der Waals surface area contributed by atoms with Crippen LogP contribution >= 0.6 is 0 Å². The molecule has 20 heavy (non-hydrogen) atoms. The van der Waals surface area contributed by atoms with Gasteiger partial charge in [0.25, 0.3) is 0 Å². The molecule has 1 nitrogen and oxygen atoms in total. The first kappa shape index (κ1) is 14.3. The van der Waals surface area contributed by atoms with Gasteiger partial charge in [-0.3, -0.25) is 4.79 Å². The number of carbonyl (C=O) groups excluding carboxylic acids is 1. The predicted molar refractivity (Wildman–Crippen MR) is 83.8 cm³/mol. The Hall–Kier alpha value is -2.15. The van der Waals surface area contributed by atoms with E-state index in [-0.39, 0.29) is 11.7 Å². The highest BCUT2D eigenvalue weighted by Crippen LogP contribution is 2.24. The maximum absolute atomic E-state index is 12.2. The number of rotatable bonds is 7. The van der Waals surface area contributed by atoms with Gasteiger partial charge in [-0.05, 0) is 23.5 Å². The molecule has 1 heteroatoms. The first-order valence-electron chi connectivity index (χ1n) is 7.01. The molecule has 2 aromatic carbocycles. The van der Waals surface area contributed by atoms with E-state index in [1.807, 2.05) is 54.6 Å². The lowest BCUT2D eigenvalue weighted by Crippen LogP contribution is -2.09. The van der Waals surface area contributed by atoms with E-state index < -0.39 is 0 Å². The molecule has 0 aliphatic heterocycles. The van der Waals surface area contributed by atoms with E-state index in [9.17, 15) is 4.79 Å². The van der Waals surface area contributed by atoms with Crippen molar-refractivity contribution in [2.75, 3.05) is 0 Å². The van der Waals surface area contributed by atoms with E-state index in [4.69, 9.17) is 0 Å². The minimum atomic E-state index is 0.241. The molecule has 1 atom stereocenters. The highest BCUT2D eigenvalue weighted by Gasteiger charge is 2.14. The summed E-state index contributed by atoms with van der Waals surface area (Å²) in [7, 11) is 0. The molecule has 0 saturated carbocycles. The zero-order chi connectivity index (χ0) is 14.2. The summed E-state index contributed by atoms with van der Waals surface area (Å²) in [5.74, 6) is 0.525. The van der Waals surface area contributed by atoms with Crippen molar-refractivity contribution in [1.29, 1.82) is 0 Å². The van der Waals surface area contributed by atoms with Crippen LogP contribution in [0.3, 0.4) is 0 Å². The van der Waals surface area contributed by atoms with Crippen LogP contribution in [0.25, 0.3) is 0 Å². The maximum Gasteiger partial charge on any atom is 0.137 e. The number of Topliss-reactive ketones (excluding diaryl/α,β-unsaturated/α-hetero) is 1. The molecule has 0 radical (unpaired) electrons. The van der Waals surface area contributed by atoms with Crippen molar-refractivity contribution in [2.24, 2.45) is 0 Å². The Kier molecular flexibility index (Phi) is 5.31. The van der Waals surface area contributed by atoms with Gasteiger partial charge in [-0.25, -0.2) is 0 Å². The topological polar surface area (TPSA) is 17.1 Å². The van der Waals surface area contributed by atoms with Crippen molar-refractivity contribution >= 4 is 5.78 Å². The first-order valence-corrected chi connectivity index (χ1v) is 7.01. The summed E-state index contributed by atoms with van der Waals surface area (Å²) in [6.07, 6.45) is 3.82. The Morgan fingerprint density at radius 2 is 1.60 bits per heavy atom. The summed E-state index contributed by atoms with van der Waals surface area (Å²) in [4.78, 5) is 12.2. The van der Waals surface area contributed by atoms with E-state index in [0.29, 0.717) is 12.8 Å². The zero-order valence-electron chi connectivity index (χ0n) is 11.7. The van der Waals surface area contributed by atoms with Gasteiger partial charge >= 0.3 is 0 Å². The lowest BCUT2D eigenvalue weighted by molar-refractivity contribution is -0.118. The Bertz CT molecular complexity index is 542. The van der Waals surface area contributed by atoms with Crippen molar-refractivity contribution in [3.05, 3.63) is 84.4 Å². The Balaban J connectivity index is 2.01. The molecule has 2 rings (SSSR count). The first-order chi connectivity index (χ1) is 9.79. The van der Waals surface area contributed by atoms with Crippen LogP contribution in [0.5, 0.6) is 0 Å². The van der Waals surface area contributed by atoms with Gasteiger partial charge in [0.05, 0.1) is 0 Å². The van der Waals surface area contributed by atoms with Gasteiger partial charge in [0.1, 0.15) is 5.78 Å². The van der Waals surface area contributed by atoms with Gasteiger partial charge in [-0.15, -0.1) is 6.58 Å². The Morgan fingerprint density at radius 3 is 2.20 bits per heavy atom. The highest BCUT2D eigenvalue weighted by molar-refractivity contribution is 5.81. The molecule has 0 aromatic heterocycles. The van der Waals surface area contributed by atoms with E-state index in [0.717, 1.165) is 12.0 Å². The van der Waals surface area contributed by atoms with Crippen molar-refractivity contribution < 1.29 is 4.79 Å². The number of benzene rings is 2. The average Bonchev–Trinajstić information content (AvgIpc) is 2.49. The lowest BCUT2D eigenvalue weighted by Gasteiger charge is -2.14. The SMILES string of the molecule is C=CC[C@@H](CC(=O)Cc1ccccc1)c1ccccc1. The molecular formula is C19H20O. The monoisotopic (exact) mass is 264 g/mol. The molecule has 0 heterocycles. The Labute approximate surface area is 121 Å². The van der Waals surface area contributed by atoms with Gasteiger partial charge in [-0.2, -0.15) is 0 Å². The van der Waals surface area contributed by atoms with E-state index in [1.165, 1.54) is 5.56 Å². The fourth-order valence-corrected chi connectivity index (χ4v) is 2.43. The summed E-state index contributed by atoms with van der Waals surface area (Å²) in [6.45, 7) is 3.81. The van der Waals surface area contributed by atoms with Crippen LogP contribution < -0.4 is 0 Å². The third kappa shape index (κ3) is 4.20. The van der Waals surface area contributed by atoms with Crippen molar-refractivity contribution in [1.82, 2.24) is 0 Å². The zero-order valence-corrected chi connectivity index (χ0v) is 11.7. The fraction of sp³-hybridized carbons (Fsp3) is 0.211. The molecule has 0 saturated heterocycles. The lowest BCUT2D eigenvalue weighted by atomic mass is 9.89. The minimum Gasteiger partial charge on any atom is -0.299 e. The summed E-state index contributed by atoms with van der Waals surface area (Å²) < 4.78 is 0. The molecular weight excluding hydrogens is 244 g/mol. The second kappa shape index (κ2) is 7.44. The van der Waals surface area contributed by atoms with Crippen LogP contribution in [-0.4, -0.2) is 5.78 Å². The summed E-state index contributed by atoms with van der Waals surface area (Å²) in [6, 6.07) is 20.1. The predicted octanol–water partition coefficient (Wildman–Crippen LogP) is 4.55. The van der Waals surface area contributed by atoms with Crippen LogP contribution in [0.15, 0.2) is 73.3 Å². The number of hydrogen-bond acceptors (Lipinski definition) is 1. The number of carbonyl (C=O) groups is 1. The smallest absolute Gasteiger partial charge is 0.137 e. The van der Waals surface area contributed by atoms with E-state index >= 15 is 0 Å².